The van der Waals surface area contributed by atoms with Crippen LogP contribution in [0.15, 0.2) is 66.7 Å². The quantitative estimate of drug-likeness (QED) is 0.564. The lowest BCUT2D eigenvalue weighted by Crippen LogP contribution is -2.02. The minimum absolute atomic E-state index is 0.294. The molecule has 0 aliphatic carbocycles. The summed E-state index contributed by atoms with van der Waals surface area (Å²) in [6.07, 6.45) is 0. The summed E-state index contributed by atoms with van der Waals surface area (Å²) in [5, 5.41) is 11.9. The number of hydrogen-bond acceptors (Lipinski definition) is 2. The Hall–Kier alpha value is -3.07. The number of aryl methyl sites for hydroxylation is 2. The Kier molecular flexibility index (Phi) is 3.35. The van der Waals surface area contributed by atoms with E-state index in [9.17, 15) is 5.11 Å². The Morgan fingerprint density at radius 2 is 1.46 bits per heavy atom. The highest BCUT2D eigenvalue weighted by atomic mass is 16.3. The zero-order valence-corrected chi connectivity index (χ0v) is 13.7. The number of rotatable bonds is 2. The second kappa shape index (κ2) is 5.53. The second-order valence-electron chi connectivity index (χ2n) is 6.01. The van der Waals surface area contributed by atoms with Crippen molar-refractivity contribution in [2.45, 2.75) is 13.8 Å². The van der Waals surface area contributed by atoms with Crippen LogP contribution in [0.2, 0.25) is 0 Å². The minimum Gasteiger partial charge on any atom is -0.507 e. The Bertz CT molecular complexity index is 1030. The summed E-state index contributed by atoms with van der Waals surface area (Å²) in [6, 6.07) is 21.8. The number of phenolic OH excluding ortho intramolecular Hbond substituents is 1. The summed E-state index contributed by atoms with van der Waals surface area (Å²) < 4.78 is 2.14. The van der Waals surface area contributed by atoms with Gasteiger partial charge in [-0.15, -0.1) is 0 Å². The fourth-order valence-electron chi connectivity index (χ4n) is 3.23. The van der Waals surface area contributed by atoms with E-state index in [2.05, 4.69) is 30.5 Å². The molecule has 118 valence electrons. The molecule has 0 radical (unpaired) electrons. The number of nitrogens with zero attached hydrogens (tertiary/aromatic N) is 2. The van der Waals surface area contributed by atoms with Crippen LogP contribution >= 0.6 is 0 Å². The van der Waals surface area contributed by atoms with Crippen molar-refractivity contribution in [1.29, 1.82) is 0 Å². The fourth-order valence-corrected chi connectivity index (χ4v) is 3.23. The van der Waals surface area contributed by atoms with Gasteiger partial charge in [0.05, 0.1) is 5.69 Å². The van der Waals surface area contributed by atoms with Crippen molar-refractivity contribution in [2.24, 2.45) is 0 Å². The fraction of sp³-hybridized carbons (Fsp3) is 0.0952. The molecule has 2 aromatic heterocycles. The first-order valence-corrected chi connectivity index (χ1v) is 7.98. The van der Waals surface area contributed by atoms with Gasteiger partial charge in [-0.05, 0) is 55.6 Å². The van der Waals surface area contributed by atoms with Gasteiger partial charge < -0.3 is 9.67 Å². The van der Waals surface area contributed by atoms with Crippen LogP contribution in [-0.4, -0.2) is 14.7 Å². The van der Waals surface area contributed by atoms with Gasteiger partial charge in [-0.1, -0.05) is 30.3 Å². The molecular formula is C21H18N2O. The van der Waals surface area contributed by atoms with E-state index in [0.29, 0.717) is 5.75 Å². The van der Waals surface area contributed by atoms with Gasteiger partial charge in [0.15, 0.2) is 0 Å². The lowest BCUT2D eigenvalue weighted by molar-refractivity contribution is 0.481. The number of phenols is 1. The van der Waals surface area contributed by atoms with E-state index in [1.165, 1.54) is 0 Å². The number of pyridine rings is 1. The molecule has 4 aromatic rings. The van der Waals surface area contributed by atoms with Crippen LogP contribution in [0, 0.1) is 13.8 Å². The Labute approximate surface area is 140 Å². The van der Waals surface area contributed by atoms with Crippen molar-refractivity contribution in [2.75, 3.05) is 0 Å². The largest absolute Gasteiger partial charge is 0.507 e. The van der Waals surface area contributed by atoms with Crippen molar-refractivity contribution >= 4 is 10.8 Å². The van der Waals surface area contributed by atoms with Gasteiger partial charge >= 0.3 is 0 Å². The van der Waals surface area contributed by atoms with Gasteiger partial charge in [0.1, 0.15) is 11.6 Å². The number of aromatic hydroxyl groups is 1. The third kappa shape index (κ3) is 2.26. The normalized spacial score (nSPS) is 11.1. The van der Waals surface area contributed by atoms with Gasteiger partial charge in [-0.3, -0.25) is 0 Å². The predicted octanol–water partition coefficient (Wildman–Crippen LogP) is 5.01. The lowest BCUT2D eigenvalue weighted by Gasteiger charge is -2.12. The topological polar surface area (TPSA) is 38.0 Å². The summed E-state index contributed by atoms with van der Waals surface area (Å²) in [5.41, 5.74) is 4.24. The van der Waals surface area contributed by atoms with Crippen molar-refractivity contribution in [3.05, 3.63) is 78.1 Å². The summed E-state index contributed by atoms with van der Waals surface area (Å²) >= 11 is 0. The van der Waals surface area contributed by atoms with Crippen LogP contribution in [0.5, 0.6) is 5.75 Å². The number of aromatic nitrogens is 2. The molecule has 0 saturated heterocycles. The maximum Gasteiger partial charge on any atom is 0.137 e. The molecule has 0 saturated carbocycles. The van der Waals surface area contributed by atoms with E-state index < -0.39 is 0 Å². The Morgan fingerprint density at radius 1 is 0.750 bits per heavy atom. The second-order valence-corrected chi connectivity index (χ2v) is 6.01. The maximum absolute atomic E-state index is 10.1. The average Bonchev–Trinajstić information content (AvgIpc) is 2.94. The number of benzene rings is 2. The minimum atomic E-state index is 0.294. The zero-order chi connectivity index (χ0) is 16.7. The first kappa shape index (κ1) is 14.5. The predicted molar refractivity (Wildman–Crippen MR) is 97.6 cm³/mol. The molecule has 0 aliphatic heterocycles. The van der Waals surface area contributed by atoms with E-state index in [1.807, 2.05) is 48.5 Å². The molecule has 2 aromatic carbocycles. The third-order valence-electron chi connectivity index (χ3n) is 4.41. The first-order valence-electron chi connectivity index (χ1n) is 7.98. The highest BCUT2D eigenvalue weighted by Crippen LogP contribution is 2.33. The Balaban J connectivity index is 1.93. The molecule has 0 amide bonds. The Morgan fingerprint density at radius 3 is 2.21 bits per heavy atom. The molecule has 0 bridgehead atoms. The van der Waals surface area contributed by atoms with Crippen molar-refractivity contribution in [3.8, 4) is 22.8 Å². The van der Waals surface area contributed by atoms with Crippen molar-refractivity contribution < 1.29 is 5.11 Å². The van der Waals surface area contributed by atoms with Gasteiger partial charge in [0.25, 0.3) is 0 Å². The summed E-state index contributed by atoms with van der Waals surface area (Å²) in [5.74, 6) is 1.20. The van der Waals surface area contributed by atoms with E-state index in [0.717, 1.165) is 39.2 Å². The van der Waals surface area contributed by atoms with E-state index in [4.69, 9.17) is 4.98 Å². The molecule has 0 atom stereocenters. The highest BCUT2D eigenvalue weighted by Gasteiger charge is 2.10. The van der Waals surface area contributed by atoms with Gasteiger partial charge in [-0.2, -0.15) is 0 Å². The molecule has 0 spiro atoms. The summed E-state index contributed by atoms with van der Waals surface area (Å²) in [7, 11) is 0. The maximum atomic E-state index is 10.1. The standard InChI is InChI=1S/C21H18N2O/c1-14-10-11-15(2)23(14)21-9-5-8-19(22-21)17-12-13-20(24)18-7-4-3-6-16(17)18/h3-13,24H,1-2H3. The van der Waals surface area contributed by atoms with Crippen LogP contribution < -0.4 is 0 Å². The van der Waals surface area contributed by atoms with E-state index in [1.54, 1.807) is 6.07 Å². The molecule has 3 heteroatoms. The number of hydrogen-bond donors (Lipinski definition) is 1. The van der Waals surface area contributed by atoms with Crippen molar-refractivity contribution in [3.63, 3.8) is 0 Å². The SMILES string of the molecule is Cc1ccc(C)n1-c1cccc(-c2ccc(O)c3ccccc23)n1. The van der Waals surface area contributed by atoms with Crippen LogP contribution in [0.3, 0.4) is 0 Å². The van der Waals surface area contributed by atoms with Crippen molar-refractivity contribution in [1.82, 2.24) is 9.55 Å². The average molecular weight is 314 g/mol. The van der Waals surface area contributed by atoms with E-state index >= 15 is 0 Å². The highest BCUT2D eigenvalue weighted by molar-refractivity contribution is 5.99. The molecule has 24 heavy (non-hydrogen) atoms. The smallest absolute Gasteiger partial charge is 0.137 e. The molecule has 0 fully saturated rings. The van der Waals surface area contributed by atoms with Crippen LogP contribution in [0.1, 0.15) is 11.4 Å². The first-order chi connectivity index (χ1) is 11.6. The zero-order valence-electron chi connectivity index (χ0n) is 13.7. The molecule has 3 nitrogen and oxygen atoms in total. The summed E-state index contributed by atoms with van der Waals surface area (Å²) in [4.78, 5) is 4.87. The molecular weight excluding hydrogens is 296 g/mol. The molecule has 4 rings (SSSR count). The molecule has 2 heterocycles. The molecule has 1 N–H and O–H groups in total. The van der Waals surface area contributed by atoms with Gasteiger partial charge in [0.2, 0.25) is 0 Å². The third-order valence-corrected chi connectivity index (χ3v) is 4.41. The van der Waals surface area contributed by atoms with Gasteiger partial charge in [-0.25, -0.2) is 4.98 Å². The lowest BCUT2D eigenvalue weighted by atomic mass is 10.0. The summed E-state index contributed by atoms with van der Waals surface area (Å²) in [6.45, 7) is 4.16. The van der Waals surface area contributed by atoms with Gasteiger partial charge in [0, 0.05) is 22.3 Å². The molecule has 0 unspecified atom stereocenters. The van der Waals surface area contributed by atoms with Crippen LogP contribution in [-0.2, 0) is 0 Å². The van der Waals surface area contributed by atoms with Crippen LogP contribution in [0.25, 0.3) is 27.8 Å². The monoisotopic (exact) mass is 314 g/mol. The molecule has 0 aliphatic rings. The van der Waals surface area contributed by atoms with Crippen LogP contribution in [0.4, 0.5) is 0 Å². The number of fused-ring (bicyclic) bond motifs is 1. The van der Waals surface area contributed by atoms with E-state index in [-0.39, 0.29) is 0 Å².